The van der Waals surface area contributed by atoms with Gasteiger partial charge in [0.1, 0.15) is 5.76 Å². The predicted molar refractivity (Wildman–Crippen MR) is 86.8 cm³/mol. The van der Waals surface area contributed by atoms with Crippen LogP contribution in [0.25, 0.3) is 11.3 Å². The monoisotopic (exact) mass is 298 g/mol. The first-order valence-electron chi connectivity index (χ1n) is 7.75. The SMILES string of the molecule is CN(C[C@H]1CCCN1C)C(=O)c1ccc(-c2ccco2)cc1. The van der Waals surface area contributed by atoms with Crippen molar-refractivity contribution in [1.82, 2.24) is 9.80 Å². The van der Waals surface area contributed by atoms with Gasteiger partial charge >= 0.3 is 0 Å². The third-order valence-electron chi connectivity index (χ3n) is 4.44. The largest absolute Gasteiger partial charge is 0.464 e. The van der Waals surface area contributed by atoms with Crippen LogP contribution in [0.1, 0.15) is 23.2 Å². The zero-order valence-corrected chi connectivity index (χ0v) is 13.2. The van der Waals surface area contributed by atoms with Crippen molar-refractivity contribution in [3.8, 4) is 11.3 Å². The topological polar surface area (TPSA) is 36.7 Å². The maximum atomic E-state index is 12.5. The summed E-state index contributed by atoms with van der Waals surface area (Å²) in [4.78, 5) is 16.7. The van der Waals surface area contributed by atoms with Crippen molar-refractivity contribution in [1.29, 1.82) is 0 Å². The van der Waals surface area contributed by atoms with Crippen LogP contribution in [0.15, 0.2) is 47.1 Å². The Balaban J connectivity index is 1.66. The first kappa shape index (κ1) is 14.9. The molecule has 0 saturated carbocycles. The van der Waals surface area contributed by atoms with E-state index in [-0.39, 0.29) is 5.91 Å². The minimum absolute atomic E-state index is 0.0753. The van der Waals surface area contributed by atoms with Gasteiger partial charge in [-0.15, -0.1) is 0 Å². The molecule has 4 nitrogen and oxygen atoms in total. The molecule has 1 fully saturated rings. The van der Waals surface area contributed by atoms with Gasteiger partial charge in [-0.2, -0.15) is 0 Å². The normalized spacial score (nSPS) is 18.5. The summed E-state index contributed by atoms with van der Waals surface area (Å²) in [5.41, 5.74) is 1.71. The van der Waals surface area contributed by atoms with Crippen molar-refractivity contribution >= 4 is 5.91 Å². The molecular formula is C18H22N2O2. The molecule has 1 amide bonds. The Labute approximate surface area is 131 Å². The number of hydrogen-bond donors (Lipinski definition) is 0. The van der Waals surface area contributed by atoms with Gasteiger partial charge in [-0.1, -0.05) is 12.1 Å². The number of amides is 1. The Morgan fingerprint density at radius 2 is 2.09 bits per heavy atom. The van der Waals surface area contributed by atoms with E-state index in [2.05, 4.69) is 11.9 Å². The van der Waals surface area contributed by atoms with Gasteiger partial charge in [0.15, 0.2) is 0 Å². The molecule has 0 unspecified atom stereocenters. The van der Waals surface area contributed by atoms with E-state index in [0.717, 1.165) is 30.0 Å². The van der Waals surface area contributed by atoms with E-state index >= 15 is 0 Å². The van der Waals surface area contributed by atoms with Gasteiger partial charge in [0.25, 0.3) is 5.91 Å². The highest BCUT2D eigenvalue weighted by molar-refractivity contribution is 5.94. The minimum Gasteiger partial charge on any atom is -0.464 e. The number of hydrogen-bond acceptors (Lipinski definition) is 3. The van der Waals surface area contributed by atoms with E-state index < -0.39 is 0 Å². The Morgan fingerprint density at radius 1 is 1.32 bits per heavy atom. The van der Waals surface area contributed by atoms with Crippen LogP contribution < -0.4 is 0 Å². The first-order chi connectivity index (χ1) is 10.6. The van der Waals surface area contributed by atoms with Crippen molar-refractivity contribution in [2.24, 2.45) is 0 Å². The van der Waals surface area contributed by atoms with Crippen molar-refractivity contribution in [2.75, 3.05) is 27.2 Å². The molecule has 2 aromatic rings. The molecule has 0 bridgehead atoms. The number of likely N-dealkylation sites (tertiary alicyclic amines) is 1. The molecule has 3 rings (SSSR count). The summed E-state index contributed by atoms with van der Waals surface area (Å²) in [6.45, 7) is 1.92. The molecule has 22 heavy (non-hydrogen) atoms. The Morgan fingerprint density at radius 3 is 2.68 bits per heavy atom. The second kappa shape index (κ2) is 6.36. The van der Waals surface area contributed by atoms with Crippen LogP contribution in [0, 0.1) is 0 Å². The molecule has 1 aromatic carbocycles. The van der Waals surface area contributed by atoms with E-state index in [1.54, 1.807) is 6.26 Å². The van der Waals surface area contributed by atoms with Crippen LogP contribution in [0.4, 0.5) is 0 Å². The highest BCUT2D eigenvalue weighted by Crippen LogP contribution is 2.21. The van der Waals surface area contributed by atoms with E-state index in [9.17, 15) is 4.79 Å². The zero-order valence-electron chi connectivity index (χ0n) is 13.2. The van der Waals surface area contributed by atoms with Crippen molar-refractivity contribution in [2.45, 2.75) is 18.9 Å². The molecule has 0 spiro atoms. The van der Waals surface area contributed by atoms with Crippen LogP contribution in [0.5, 0.6) is 0 Å². The van der Waals surface area contributed by atoms with Crippen LogP contribution in [-0.2, 0) is 0 Å². The Hall–Kier alpha value is -2.07. The number of benzene rings is 1. The lowest BCUT2D eigenvalue weighted by atomic mass is 10.1. The molecule has 1 aliphatic rings. The van der Waals surface area contributed by atoms with E-state index in [0.29, 0.717) is 6.04 Å². The van der Waals surface area contributed by atoms with Crippen LogP contribution in [-0.4, -0.2) is 48.9 Å². The molecule has 1 aliphatic heterocycles. The molecule has 1 saturated heterocycles. The quantitative estimate of drug-likeness (QED) is 0.870. The van der Waals surface area contributed by atoms with E-state index in [4.69, 9.17) is 4.42 Å². The average molecular weight is 298 g/mol. The Kier molecular flexibility index (Phi) is 4.29. The molecule has 116 valence electrons. The summed E-state index contributed by atoms with van der Waals surface area (Å²) in [7, 11) is 4.02. The van der Waals surface area contributed by atoms with Gasteiger partial charge in [-0.3, -0.25) is 4.79 Å². The van der Waals surface area contributed by atoms with Crippen LogP contribution >= 0.6 is 0 Å². The lowest BCUT2D eigenvalue weighted by molar-refractivity contribution is 0.0761. The lowest BCUT2D eigenvalue weighted by Gasteiger charge is -2.26. The number of carbonyl (C=O) groups is 1. The van der Waals surface area contributed by atoms with Crippen molar-refractivity contribution < 1.29 is 9.21 Å². The van der Waals surface area contributed by atoms with E-state index in [1.165, 1.54) is 12.8 Å². The molecule has 1 aromatic heterocycles. The maximum Gasteiger partial charge on any atom is 0.253 e. The lowest BCUT2D eigenvalue weighted by Crippen LogP contribution is -2.39. The second-order valence-corrected chi connectivity index (χ2v) is 6.02. The molecule has 2 heterocycles. The molecule has 1 atom stereocenters. The second-order valence-electron chi connectivity index (χ2n) is 6.02. The fourth-order valence-corrected chi connectivity index (χ4v) is 3.05. The summed E-state index contributed by atoms with van der Waals surface area (Å²) in [5.74, 6) is 0.895. The van der Waals surface area contributed by atoms with Gasteiger partial charge in [0, 0.05) is 30.8 Å². The number of likely N-dealkylation sites (N-methyl/N-ethyl adjacent to an activating group) is 2. The third kappa shape index (κ3) is 3.07. The molecule has 4 heteroatoms. The molecule has 0 aliphatic carbocycles. The predicted octanol–water partition coefficient (Wildman–Crippen LogP) is 3.11. The molecule has 0 N–H and O–H groups in total. The minimum atomic E-state index is 0.0753. The fraction of sp³-hybridized carbons (Fsp3) is 0.389. The third-order valence-corrected chi connectivity index (χ3v) is 4.44. The standard InChI is InChI=1S/C18H22N2O2/c1-19-11-3-5-16(19)13-20(2)18(21)15-9-7-14(8-10-15)17-6-4-12-22-17/h4,6-10,12,16H,3,5,11,13H2,1-2H3/t16-/m1/s1. The number of carbonyl (C=O) groups excluding carboxylic acids is 1. The van der Waals surface area contributed by atoms with Crippen molar-refractivity contribution in [3.05, 3.63) is 48.2 Å². The summed E-state index contributed by atoms with van der Waals surface area (Å²) in [6.07, 6.45) is 4.05. The van der Waals surface area contributed by atoms with Crippen LogP contribution in [0.2, 0.25) is 0 Å². The van der Waals surface area contributed by atoms with Gasteiger partial charge in [-0.05, 0) is 50.7 Å². The summed E-state index contributed by atoms with van der Waals surface area (Å²) in [5, 5.41) is 0. The summed E-state index contributed by atoms with van der Waals surface area (Å²) < 4.78 is 5.37. The van der Waals surface area contributed by atoms with Gasteiger partial charge in [-0.25, -0.2) is 0 Å². The summed E-state index contributed by atoms with van der Waals surface area (Å²) >= 11 is 0. The number of furan rings is 1. The van der Waals surface area contributed by atoms with E-state index in [1.807, 2.05) is 48.3 Å². The average Bonchev–Trinajstić information content (AvgIpc) is 3.19. The number of rotatable bonds is 4. The Bertz CT molecular complexity index is 619. The maximum absolute atomic E-state index is 12.5. The van der Waals surface area contributed by atoms with Crippen LogP contribution in [0.3, 0.4) is 0 Å². The molecular weight excluding hydrogens is 276 g/mol. The highest BCUT2D eigenvalue weighted by atomic mass is 16.3. The van der Waals surface area contributed by atoms with Crippen molar-refractivity contribution in [3.63, 3.8) is 0 Å². The number of nitrogens with zero attached hydrogens (tertiary/aromatic N) is 2. The molecule has 0 radical (unpaired) electrons. The summed E-state index contributed by atoms with van der Waals surface area (Å²) in [6, 6.07) is 11.9. The van der Waals surface area contributed by atoms with Gasteiger partial charge in [0.05, 0.1) is 6.26 Å². The van der Waals surface area contributed by atoms with Gasteiger partial charge < -0.3 is 14.2 Å². The zero-order chi connectivity index (χ0) is 15.5. The smallest absolute Gasteiger partial charge is 0.253 e. The fourth-order valence-electron chi connectivity index (χ4n) is 3.05. The highest BCUT2D eigenvalue weighted by Gasteiger charge is 2.24. The first-order valence-corrected chi connectivity index (χ1v) is 7.75. The van der Waals surface area contributed by atoms with Gasteiger partial charge in [0.2, 0.25) is 0 Å².